The first kappa shape index (κ1) is 25.1. The zero-order chi connectivity index (χ0) is 20.3. The lowest BCUT2D eigenvalue weighted by molar-refractivity contribution is 0.111. The van der Waals surface area contributed by atoms with Crippen molar-refractivity contribution in [1.29, 1.82) is 0 Å². The molecule has 0 heterocycles. The van der Waals surface area contributed by atoms with Crippen LogP contribution in [0.3, 0.4) is 0 Å². The van der Waals surface area contributed by atoms with Crippen LogP contribution in [0.4, 0.5) is 0 Å². The normalized spacial score (nSPS) is 15.6. The van der Waals surface area contributed by atoms with Crippen molar-refractivity contribution in [3.63, 3.8) is 0 Å². The van der Waals surface area contributed by atoms with Crippen molar-refractivity contribution in [2.45, 2.75) is 110 Å². The van der Waals surface area contributed by atoms with Gasteiger partial charge in [0, 0.05) is 6.42 Å². The van der Waals surface area contributed by atoms with Gasteiger partial charge >= 0.3 is 0 Å². The van der Waals surface area contributed by atoms with Crippen molar-refractivity contribution in [3.05, 3.63) is 0 Å². The molecule has 0 saturated carbocycles. The third kappa shape index (κ3) is 9.05. The summed E-state index contributed by atoms with van der Waals surface area (Å²) in [5, 5.41) is 0.424. The van der Waals surface area contributed by atoms with E-state index in [0.717, 1.165) is 6.42 Å². The van der Waals surface area contributed by atoms with Gasteiger partial charge in [-0.15, -0.1) is 11.5 Å². The first-order chi connectivity index (χ1) is 10.8. The molecule has 1 atom stereocenters. The second kappa shape index (κ2) is 8.43. The summed E-state index contributed by atoms with van der Waals surface area (Å²) in [6.07, 6.45) is 0.865. The van der Waals surface area contributed by atoms with E-state index in [-0.39, 0.29) is 16.2 Å². The molecule has 0 spiro atoms. The Hall–Kier alpha value is 0.131. The van der Waals surface area contributed by atoms with E-state index in [9.17, 15) is 0 Å². The van der Waals surface area contributed by atoms with Gasteiger partial charge in [-0.25, -0.2) is 0 Å². The molecule has 0 aliphatic carbocycles. The Bertz CT molecular complexity index is 480. The molecule has 0 radical (unpaired) electrons. The van der Waals surface area contributed by atoms with E-state index >= 15 is 0 Å². The maximum absolute atomic E-state index is 6.67. The summed E-state index contributed by atoms with van der Waals surface area (Å²) in [5.41, 5.74) is 3.48. The summed E-state index contributed by atoms with van der Waals surface area (Å²) in [5.74, 6) is 3.42. The lowest BCUT2D eigenvalue weighted by atomic mass is 10.2. The molecule has 0 aromatic heterocycles. The molecule has 0 aromatic carbocycles. The maximum atomic E-state index is 6.67. The maximum Gasteiger partial charge on any atom is 0.192 e. The molecule has 0 saturated heterocycles. The second-order valence-electron chi connectivity index (χ2n) is 11.3. The number of rotatable bonds is 6. The van der Waals surface area contributed by atoms with E-state index in [1.54, 1.807) is 0 Å². The van der Waals surface area contributed by atoms with E-state index < -0.39 is 24.7 Å². The molecule has 0 aliphatic heterocycles. The fraction of sp³-hybridized carbons (Fsp3) is 0.900. The highest BCUT2D eigenvalue weighted by Crippen LogP contribution is 2.39. The van der Waals surface area contributed by atoms with Crippen molar-refractivity contribution in [1.82, 2.24) is 0 Å². The molecular formula is C20H44O2Si3. The Balaban J connectivity index is 5.24. The van der Waals surface area contributed by atoms with Crippen molar-refractivity contribution < 1.29 is 8.85 Å². The van der Waals surface area contributed by atoms with Crippen LogP contribution in [0, 0.1) is 11.5 Å². The zero-order valence-electron chi connectivity index (χ0n) is 19.3. The average Bonchev–Trinajstić information content (AvgIpc) is 2.31. The topological polar surface area (TPSA) is 18.5 Å². The van der Waals surface area contributed by atoms with Gasteiger partial charge in [0.05, 0.1) is 12.7 Å². The van der Waals surface area contributed by atoms with Crippen LogP contribution in [0.25, 0.3) is 0 Å². The van der Waals surface area contributed by atoms with Gasteiger partial charge in [0.1, 0.15) is 8.07 Å². The van der Waals surface area contributed by atoms with E-state index in [4.69, 9.17) is 8.85 Å². The predicted octanol–water partition coefficient (Wildman–Crippen LogP) is 6.67. The van der Waals surface area contributed by atoms with Crippen LogP contribution >= 0.6 is 0 Å². The van der Waals surface area contributed by atoms with Crippen molar-refractivity contribution in [2.75, 3.05) is 6.61 Å². The highest BCUT2D eigenvalue weighted by molar-refractivity contribution is 6.83. The largest absolute Gasteiger partial charge is 0.414 e. The van der Waals surface area contributed by atoms with Gasteiger partial charge in [-0.2, -0.15) is 0 Å². The molecule has 25 heavy (non-hydrogen) atoms. The quantitative estimate of drug-likeness (QED) is 0.366. The van der Waals surface area contributed by atoms with E-state index in [1.165, 1.54) is 0 Å². The van der Waals surface area contributed by atoms with E-state index in [1.807, 2.05) is 0 Å². The van der Waals surface area contributed by atoms with Crippen LogP contribution in [0.2, 0.25) is 55.9 Å². The molecule has 0 amide bonds. The lowest BCUT2D eigenvalue weighted by Gasteiger charge is -2.41. The van der Waals surface area contributed by atoms with E-state index in [0.29, 0.717) is 6.61 Å². The molecule has 0 aromatic rings. The molecule has 148 valence electrons. The molecule has 0 bridgehead atoms. The van der Waals surface area contributed by atoms with Crippen molar-refractivity contribution in [3.8, 4) is 11.5 Å². The summed E-state index contributed by atoms with van der Waals surface area (Å²) in [4.78, 5) is 0. The Morgan fingerprint density at radius 2 is 1.20 bits per heavy atom. The minimum atomic E-state index is -1.83. The van der Waals surface area contributed by atoms with Gasteiger partial charge in [0.25, 0.3) is 0 Å². The predicted molar refractivity (Wildman–Crippen MR) is 121 cm³/mol. The molecule has 0 rings (SSSR count). The Labute approximate surface area is 161 Å². The Morgan fingerprint density at radius 1 is 0.760 bits per heavy atom. The Kier molecular flexibility index (Phi) is 8.48. The summed E-state index contributed by atoms with van der Waals surface area (Å²) in [7, 11) is -4.94. The minimum Gasteiger partial charge on any atom is -0.414 e. The minimum absolute atomic E-state index is 0.0823. The van der Waals surface area contributed by atoms with Crippen LogP contribution < -0.4 is 0 Å². The third-order valence-corrected chi connectivity index (χ3v) is 15.5. The zero-order valence-corrected chi connectivity index (χ0v) is 22.3. The van der Waals surface area contributed by atoms with Crippen LogP contribution in [-0.4, -0.2) is 37.4 Å². The van der Waals surface area contributed by atoms with Gasteiger partial charge in [-0.05, 0) is 36.3 Å². The summed E-state index contributed by atoms with van der Waals surface area (Å²) < 4.78 is 13.2. The fourth-order valence-electron chi connectivity index (χ4n) is 1.68. The van der Waals surface area contributed by atoms with Crippen molar-refractivity contribution in [2.24, 2.45) is 0 Å². The summed E-state index contributed by atoms with van der Waals surface area (Å²) in [6.45, 7) is 30.5. The van der Waals surface area contributed by atoms with Crippen molar-refractivity contribution >= 4 is 24.7 Å². The molecule has 5 heteroatoms. The van der Waals surface area contributed by atoms with Gasteiger partial charge in [-0.3, -0.25) is 0 Å². The molecule has 0 aliphatic rings. The van der Waals surface area contributed by atoms with E-state index in [2.05, 4.69) is 98.8 Å². The first-order valence-electron chi connectivity index (χ1n) is 9.60. The first-order valence-corrected chi connectivity index (χ1v) is 18.9. The second-order valence-corrected chi connectivity index (χ2v) is 25.6. The lowest BCUT2D eigenvalue weighted by Crippen LogP contribution is -2.47. The standard InChI is InChI=1S/C20H44O2Si3/c1-19(2,3)24(10,11)21-17-18(15-14-16-23(7,8)9)22-25(12,13)20(4,5)6/h18H,15,17H2,1-13H3/t18-/m1/s1. The highest BCUT2D eigenvalue weighted by Gasteiger charge is 2.41. The SMILES string of the molecule is CC(C)(C)[Si](C)(C)OC[C@@H](CC#C[Si](C)(C)C)O[Si](C)(C)C(C)(C)C. The van der Waals surface area contributed by atoms with Crippen LogP contribution in [-0.2, 0) is 8.85 Å². The van der Waals surface area contributed by atoms with Gasteiger partial charge in [0.15, 0.2) is 16.6 Å². The summed E-state index contributed by atoms with van der Waals surface area (Å²) in [6, 6.07) is 0. The average molecular weight is 401 g/mol. The molecule has 0 fully saturated rings. The number of hydrogen-bond donors (Lipinski definition) is 0. The monoisotopic (exact) mass is 400 g/mol. The van der Waals surface area contributed by atoms with Gasteiger partial charge < -0.3 is 8.85 Å². The molecular weight excluding hydrogens is 356 g/mol. The van der Waals surface area contributed by atoms with Crippen LogP contribution in [0.15, 0.2) is 0 Å². The fourth-order valence-corrected chi connectivity index (χ4v) is 4.68. The third-order valence-electron chi connectivity index (χ3n) is 5.50. The number of hydrogen-bond acceptors (Lipinski definition) is 2. The molecule has 2 nitrogen and oxygen atoms in total. The van der Waals surface area contributed by atoms with Gasteiger partial charge in [-0.1, -0.05) is 61.2 Å². The Morgan fingerprint density at radius 3 is 1.56 bits per heavy atom. The molecule has 0 N–H and O–H groups in total. The van der Waals surface area contributed by atoms with Gasteiger partial charge in [0.2, 0.25) is 0 Å². The highest BCUT2D eigenvalue weighted by atomic mass is 28.4. The summed E-state index contributed by atoms with van der Waals surface area (Å²) >= 11 is 0. The smallest absolute Gasteiger partial charge is 0.192 e. The van der Waals surface area contributed by atoms with Crippen LogP contribution in [0.1, 0.15) is 48.0 Å². The van der Waals surface area contributed by atoms with Crippen LogP contribution in [0.5, 0.6) is 0 Å². The molecule has 0 unspecified atom stereocenters.